The Balaban J connectivity index is 2.62. The standard InChI is InChI=1S/C12H17N3O3/c1-7-8(2)15-11(9(3)14-7)12(18)13-6-4-5-10(16)17/h4-6H2,1-3H3,(H,13,18)(H,16,17). The van der Waals surface area contributed by atoms with Gasteiger partial charge in [-0.2, -0.15) is 0 Å². The highest BCUT2D eigenvalue weighted by Crippen LogP contribution is 2.06. The molecule has 1 heterocycles. The van der Waals surface area contributed by atoms with Crippen molar-refractivity contribution in [1.82, 2.24) is 15.3 Å². The summed E-state index contributed by atoms with van der Waals surface area (Å²) in [6, 6.07) is 0. The van der Waals surface area contributed by atoms with Gasteiger partial charge in [0.15, 0.2) is 0 Å². The van der Waals surface area contributed by atoms with Gasteiger partial charge < -0.3 is 10.4 Å². The van der Waals surface area contributed by atoms with Crippen molar-refractivity contribution >= 4 is 11.9 Å². The first-order valence-corrected chi connectivity index (χ1v) is 5.73. The first-order chi connectivity index (χ1) is 8.41. The second-order valence-electron chi connectivity index (χ2n) is 4.08. The highest BCUT2D eigenvalue weighted by atomic mass is 16.4. The Bertz CT molecular complexity index is 472. The Morgan fingerprint density at radius 3 is 2.33 bits per heavy atom. The smallest absolute Gasteiger partial charge is 0.303 e. The molecular formula is C12H17N3O3. The van der Waals surface area contributed by atoms with Gasteiger partial charge in [0.05, 0.1) is 17.1 Å². The molecule has 1 aromatic heterocycles. The summed E-state index contributed by atoms with van der Waals surface area (Å²) in [6.45, 7) is 5.68. The molecule has 98 valence electrons. The fraction of sp³-hybridized carbons (Fsp3) is 0.500. The molecule has 0 fully saturated rings. The fourth-order valence-corrected chi connectivity index (χ4v) is 1.46. The number of carbonyl (C=O) groups is 2. The van der Waals surface area contributed by atoms with Gasteiger partial charge in [0, 0.05) is 13.0 Å². The minimum atomic E-state index is -0.869. The number of rotatable bonds is 5. The van der Waals surface area contributed by atoms with Gasteiger partial charge in [-0.25, -0.2) is 4.98 Å². The molecule has 0 aromatic carbocycles. The van der Waals surface area contributed by atoms with Crippen LogP contribution >= 0.6 is 0 Å². The van der Waals surface area contributed by atoms with E-state index < -0.39 is 5.97 Å². The van der Waals surface area contributed by atoms with E-state index in [1.165, 1.54) is 0 Å². The Hall–Kier alpha value is -1.98. The van der Waals surface area contributed by atoms with Crippen LogP contribution in [0.25, 0.3) is 0 Å². The molecule has 0 unspecified atom stereocenters. The van der Waals surface area contributed by atoms with Crippen LogP contribution in [0.15, 0.2) is 0 Å². The van der Waals surface area contributed by atoms with Gasteiger partial charge in [0.2, 0.25) is 0 Å². The lowest BCUT2D eigenvalue weighted by molar-refractivity contribution is -0.137. The van der Waals surface area contributed by atoms with Crippen LogP contribution in [0.2, 0.25) is 0 Å². The van der Waals surface area contributed by atoms with Gasteiger partial charge >= 0.3 is 5.97 Å². The number of amides is 1. The van der Waals surface area contributed by atoms with Crippen LogP contribution in [0.4, 0.5) is 0 Å². The highest BCUT2D eigenvalue weighted by Gasteiger charge is 2.13. The van der Waals surface area contributed by atoms with E-state index in [1.807, 2.05) is 6.92 Å². The molecule has 0 saturated heterocycles. The average molecular weight is 251 g/mol. The monoisotopic (exact) mass is 251 g/mol. The molecule has 1 amide bonds. The average Bonchev–Trinajstić information content (AvgIpc) is 2.28. The third kappa shape index (κ3) is 3.80. The van der Waals surface area contributed by atoms with Gasteiger partial charge in [-0.15, -0.1) is 0 Å². The number of hydrogen-bond acceptors (Lipinski definition) is 4. The second kappa shape index (κ2) is 6.09. The molecule has 18 heavy (non-hydrogen) atoms. The lowest BCUT2D eigenvalue weighted by Gasteiger charge is -2.08. The van der Waals surface area contributed by atoms with E-state index in [1.54, 1.807) is 13.8 Å². The van der Waals surface area contributed by atoms with Crippen LogP contribution in [0.5, 0.6) is 0 Å². The molecule has 0 aliphatic carbocycles. The van der Waals surface area contributed by atoms with Crippen molar-refractivity contribution in [3.8, 4) is 0 Å². The molecule has 0 aliphatic rings. The number of hydrogen-bond donors (Lipinski definition) is 2. The fourth-order valence-electron chi connectivity index (χ4n) is 1.46. The minimum absolute atomic E-state index is 0.0395. The molecule has 0 bridgehead atoms. The molecule has 1 rings (SSSR count). The summed E-state index contributed by atoms with van der Waals surface area (Å²) < 4.78 is 0. The van der Waals surface area contributed by atoms with Crippen LogP contribution in [0, 0.1) is 20.8 Å². The zero-order valence-electron chi connectivity index (χ0n) is 10.8. The zero-order valence-corrected chi connectivity index (χ0v) is 10.8. The van der Waals surface area contributed by atoms with Crippen LogP contribution in [0.1, 0.15) is 40.4 Å². The summed E-state index contributed by atoms with van der Waals surface area (Å²) in [5.74, 6) is -1.18. The minimum Gasteiger partial charge on any atom is -0.481 e. The SMILES string of the molecule is Cc1nc(C)c(C(=O)NCCCC(=O)O)nc1C. The summed E-state index contributed by atoms with van der Waals surface area (Å²) in [5.41, 5.74) is 2.40. The van der Waals surface area contributed by atoms with Gasteiger partial charge in [-0.3, -0.25) is 14.6 Å². The molecule has 1 aromatic rings. The first-order valence-electron chi connectivity index (χ1n) is 5.73. The largest absolute Gasteiger partial charge is 0.481 e. The number of carboxylic acids is 1. The molecule has 0 radical (unpaired) electrons. The maximum absolute atomic E-state index is 11.8. The maximum Gasteiger partial charge on any atom is 0.303 e. The summed E-state index contributed by atoms with van der Waals surface area (Å²) in [5, 5.41) is 11.1. The summed E-state index contributed by atoms with van der Waals surface area (Å²) in [4.78, 5) is 30.6. The van der Waals surface area contributed by atoms with E-state index in [0.29, 0.717) is 24.4 Å². The van der Waals surface area contributed by atoms with Gasteiger partial charge in [-0.05, 0) is 27.2 Å². The quantitative estimate of drug-likeness (QED) is 0.761. The number of aryl methyl sites for hydroxylation is 3. The summed E-state index contributed by atoms with van der Waals surface area (Å²) in [6.07, 6.45) is 0.441. The van der Waals surface area contributed by atoms with Crippen molar-refractivity contribution < 1.29 is 14.7 Å². The molecule has 0 saturated carbocycles. The Labute approximate surface area is 105 Å². The van der Waals surface area contributed by atoms with Crippen LogP contribution in [0.3, 0.4) is 0 Å². The van der Waals surface area contributed by atoms with Crippen molar-refractivity contribution in [2.75, 3.05) is 6.54 Å². The zero-order chi connectivity index (χ0) is 13.7. The van der Waals surface area contributed by atoms with E-state index >= 15 is 0 Å². The van der Waals surface area contributed by atoms with Crippen LogP contribution < -0.4 is 5.32 Å². The number of aliphatic carboxylic acids is 1. The van der Waals surface area contributed by atoms with E-state index in [0.717, 1.165) is 11.4 Å². The number of nitrogens with one attached hydrogen (secondary N) is 1. The molecular weight excluding hydrogens is 234 g/mol. The van der Waals surface area contributed by atoms with E-state index in [-0.39, 0.29) is 12.3 Å². The number of carbonyl (C=O) groups excluding carboxylic acids is 1. The van der Waals surface area contributed by atoms with Crippen molar-refractivity contribution in [3.05, 3.63) is 22.8 Å². The van der Waals surface area contributed by atoms with Crippen LogP contribution in [-0.2, 0) is 4.79 Å². The number of aromatic nitrogens is 2. The Kier molecular flexibility index (Phi) is 4.76. The number of nitrogens with zero attached hydrogens (tertiary/aromatic N) is 2. The molecule has 0 atom stereocenters. The molecule has 0 aliphatic heterocycles. The molecule has 2 N–H and O–H groups in total. The normalized spacial score (nSPS) is 10.2. The van der Waals surface area contributed by atoms with Crippen LogP contribution in [-0.4, -0.2) is 33.5 Å². The topological polar surface area (TPSA) is 92.2 Å². The Morgan fingerprint density at radius 2 is 1.72 bits per heavy atom. The van der Waals surface area contributed by atoms with Crippen molar-refractivity contribution in [2.24, 2.45) is 0 Å². The maximum atomic E-state index is 11.8. The lowest BCUT2D eigenvalue weighted by atomic mass is 10.2. The molecule has 0 spiro atoms. The van der Waals surface area contributed by atoms with Crippen molar-refractivity contribution in [2.45, 2.75) is 33.6 Å². The van der Waals surface area contributed by atoms with Crippen molar-refractivity contribution in [1.29, 1.82) is 0 Å². The lowest BCUT2D eigenvalue weighted by Crippen LogP contribution is -2.27. The van der Waals surface area contributed by atoms with E-state index in [2.05, 4.69) is 15.3 Å². The van der Waals surface area contributed by atoms with E-state index in [4.69, 9.17) is 5.11 Å². The molecule has 6 heteroatoms. The highest BCUT2D eigenvalue weighted by molar-refractivity contribution is 5.93. The molecule has 6 nitrogen and oxygen atoms in total. The predicted octanol–water partition coefficient (Wildman–Crippen LogP) is 0.996. The summed E-state index contributed by atoms with van der Waals surface area (Å²) >= 11 is 0. The van der Waals surface area contributed by atoms with Crippen molar-refractivity contribution in [3.63, 3.8) is 0 Å². The van der Waals surface area contributed by atoms with Gasteiger partial charge in [0.25, 0.3) is 5.91 Å². The van der Waals surface area contributed by atoms with Gasteiger partial charge in [-0.1, -0.05) is 0 Å². The first kappa shape index (κ1) is 14.1. The third-order valence-corrected chi connectivity index (χ3v) is 2.55. The number of carboxylic acid groups (broad SMARTS) is 1. The second-order valence-corrected chi connectivity index (χ2v) is 4.08. The third-order valence-electron chi connectivity index (χ3n) is 2.55. The summed E-state index contributed by atoms with van der Waals surface area (Å²) in [7, 11) is 0. The predicted molar refractivity (Wildman–Crippen MR) is 65.4 cm³/mol. The van der Waals surface area contributed by atoms with E-state index in [9.17, 15) is 9.59 Å². The Morgan fingerprint density at radius 1 is 1.11 bits per heavy atom. The van der Waals surface area contributed by atoms with Gasteiger partial charge in [0.1, 0.15) is 5.69 Å².